The maximum absolute atomic E-state index is 11.8. The minimum atomic E-state index is -0.114. The van der Waals surface area contributed by atoms with Crippen molar-refractivity contribution in [3.63, 3.8) is 0 Å². The van der Waals surface area contributed by atoms with Gasteiger partial charge in [0.25, 0.3) is 5.91 Å². The average molecular weight is 214 g/mol. The third-order valence-corrected chi connectivity index (χ3v) is 2.47. The van der Waals surface area contributed by atoms with Crippen LogP contribution >= 0.6 is 0 Å². The minimum absolute atomic E-state index is 0.114. The lowest BCUT2D eigenvalue weighted by atomic mass is 10.1. The molecule has 1 aromatic carbocycles. The zero-order valence-corrected chi connectivity index (χ0v) is 9.37. The second-order valence-corrected chi connectivity index (χ2v) is 3.86. The van der Waals surface area contributed by atoms with Gasteiger partial charge in [-0.3, -0.25) is 4.79 Å². The van der Waals surface area contributed by atoms with Crippen LogP contribution in [0.4, 0.5) is 5.69 Å². The lowest BCUT2D eigenvalue weighted by Gasteiger charge is -2.08. The molecule has 3 heteroatoms. The fourth-order valence-electron chi connectivity index (χ4n) is 1.62. The molecule has 16 heavy (non-hydrogen) atoms. The first-order valence-corrected chi connectivity index (χ1v) is 5.19. The van der Waals surface area contributed by atoms with Gasteiger partial charge in [0.1, 0.15) is 5.69 Å². The van der Waals surface area contributed by atoms with Crippen LogP contribution in [0.15, 0.2) is 36.5 Å². The number of aryl methyl sites for hydroxylation is 2. The molecule has 0 aliphatic rings. The van der Waals surface area contributed by atoms with Gasteiger partial charge in [-0.05, 0) is 37.6 Å². The predicted molar refractivity (Wildman–Crippen MR) is 64.7 cm³/mol. The Kier molecular flexibility index (Phi) is 2.77. The van der Waals surface area contributed by atoms with E-state index in [0.29, 0.717) is 5.69 Å². The summed E-state index contributed by atoms with van der Waals surface area (Å²) >= 11 is 0. The fourth-order valence-corrected chi connectivity index (χ4v) is 1.62. The van der Waals surface area contributed by atoms with E-state index in [-0.39, 0.29) is 5.91 Å². The van der Waals surface area contributed by atoms with Crippen molar-refractivity contribution >= 4 is 11.6 Å². The van der Waals surface area contributed by atoms with Gasteiger partial charge >= 0.3 is 0 Å². The smallest absolute Gasteiger partial charge is 0.272 e. The summed E-state index contributed by atoms with van der Waals surface area (Å²) in [6.07, 6.45) is 1.73. The Labute approximate surface area is 94.5 Å². The van der Waals surface area contributed by atoms with Gasteiger partial charge in [0.05, 0.1) is 0 Å². The second kappa shape index (κ2) is 4.23. The van der Waals surface area contributed by atoms with Crippen LogP contribution in [0.5, 0.6) is 0 Å². The number of hydrogen-bond donors (Lipinski definition) is 2. The Balaban J connectivity index is 2.18. The van der Waals surface area contributed by atoms with Crippen LogP contribution in [0.3, 0.4) is 0 Å². The van der Waals surface area contributed by atoms with Crippen molar-refractivity contribution < 1.29 is 4.79 Å². The Morgan fingerprint density at radius 3 is 2.69 bits per heavy atom. The van der Waals surface area contributed by atoms with Crippen LogP contribution in [0.1, 0.15) is 21.6 Å². The van der Waals surface area contributed by atoms with Crippen molar-refractivity contribution in [2.45, 2.75) is 13.8 Å². The third kappa shape index (κ3) is 2.14. The number of hydrogen-bond acceptors (Lipinski definition) is 1. The monoisotopic (exact) mass is 214 g/mol. The summed E-state index contributed by atoms with van der Waals surface area (Å²) in [4.78, 5) is 14.6. The SMILES string of the molecule is Cc1ccc(NC(=O)c2ccc[nH]2)c(C)c1. The molecule has 0 aliphatic carbocycles. The van der Waals surface area contributed by atoms with Crippen molar-refractivity contribution in [2.75, 3.05) is 5.32 Å². The Bertz CT molecular complexity index is 501. The first kappa shape index (κ1) is 10.5. The van der Waals surface area contributed by atoms with Crippen LogP contribution in [0, 0.1) is 13.8 Å². The molecule has 82 valence electrons. The molecule has 3 nitrogen and oxygen atoms in total. The molecule has 2 aromatic rings. The summed E-state index contributed by atoms with van der Waals surface area (Å²) < 4.78 is 0. The van der Waals surface area contributed by atoms with Crippen molar-refractivity contribution in [1.82, 2.24) is 4.98 Å². The molecule has 1 heterocycles. The van der Waals surface area contributed by atoms with Gasteiger partial charge in [0.15, 0.2) is 0 Å². The molecule has 1 amide bonds. The number of rotatable bonds is 2. The number of H-pyrrole nitrogens is 1. The standard InChI is InChI=1S/C13H14N2O/c1-9-5-6-11(10(2)8-9)15-13(16)12-4-3-7-14-12/h3-8,14H,1-2H3,(H,15,16). The van der Waals surface area contributed by atoms with E-state index in [0.717, 1.165) is 11.3 Å². The van der Waals surface area contributed by atoms with Crippen molar-refractivity contribution in [2.24, 2.45) is 0 Å². The van der Waals surface area contributed by atoms with Crippen LogP contribution in [0.25, 0.3) is 0 Å². The third-order valence-electron chi connectivity index (χ3n) is 2.47. The van der Waals surface area contributed by atoms with Crippen molar-refractivity contribution in [3.05, 3.63) is 53.3 Å². The van der Waals surface area contributed by atoms with Crippen molar-refractivity contribution in [1.29, 1.82) is 0 Å². The summed E-state index contributed by atoms with van der Waals surface area (Å²) in [5.41, 5.74) is 3.68. The number of aromatic nitrogens is 1. The lowest BCUT2D eigenvalue weighted by molar-refractivity contribution is 0.102. The summed E-state index contributed by atoms with van der Waals surface area (Å²) in [7, 11) is 0. The van der Waals surface area contributed by atoms with Gasteiger partial charge in [-0.25, -0.2) is 0 Å². The molecular formula is C13H14N2O. The maximum atomic E-state index is 11.8. The molecule has 0 saturated heterocycles. The predicted octanol–water partition coefficient (Wildman–Crippen LogP) is 2.88. The Hall–Kier alpha value is -2.03. The number of carbonyl (C=O) groups is 1. The number of benzene rings is 1. The second-order valence-electron chi connectivity index (χ2n) is 3.86. The molecule has 0 bridgehead atoms. The van der Waals surface area contributed by atoms with Crippen molar-refractivity contribution in [3.8, 4) is 0 Å². The van der Waals surface area contributed by atoms with Gasteiger partial charge in [-0.1, -0.05) is 17.7 Å². The van der Waals surface area contributed by atoms with Crippen LogP contribution in [-0.2, 0) is 0 Å². The molecule has 0 aliphatic heterocycles. The molecule has 1 aromatic heterocycles. The highest BCUT2D eigenvalue weighted by molar-refractivity contribution is 6.03. The highest BCUT2D eigenvalue weighted by Gasteiger charge is 2.07. The normalized spacial score (nSPS) is 10.1. The van der Waals surface area contributed by atoms with Gasteiger partial charge in [0.2, 0.25) is 0 Å². The molecular weight excluding hydrogens is 200 g/mol. The molecule has 0 atom stereocenters. The summed E-state index contributed by atoms with van der Waals surface area (Å²) in [5, 5.41) is 2.87. The van der Waals surface area contributed by atoms with E-state index < -0.39 is 0 Å². The maximum Gasteiger partial charge on any atom is 0.272 e. The number of nitrogens with one attached hydrogen (secondary N) is 2. The topological polar surface area (TPSA) is 44.9 Å². The first-order valence-electron chi connectivity index (χ1n) is 5.19. The van der Waals surface area contributed by atoms with E-state index in [2.05, 4.69) is 10.3 Å². The summed E-state index contributed by atoms with van der Waals surface area (Å²) in [6.45, 7) is 4.01. The van der Waals surface area contributed by atoms with Gasteiger partial charge < -0.3 is 10.3 Å². The summed E-state index contributed by atoms with van der Waals surface area (Å²) in [5.74, 6) is -0.114. The zero-order valence-electron chi connectivity index (χ0n) is 9.37. The summed E-state index contributed by atoms with van der Waals surface area (Å²) in [6, 6.07) is 9.50. The van der Waals surface area contributed by atoms with E-state index in [1.54, 1.807) is 18.3 Å². The van der Waals surface area contributed by atoms with Crippen LogP contribution in [-0.4, -0.2) is 10.9 Å². The van der Waals surface area contributed by atoms with Gasteiger partial charge in [-0.2, -0.15) is 0 Å². The number of carbonyl (C=O) groups excluding carboxylic acids is 1. The van der Waals surface area contributed by atoms with Gasteiger partial charge in [0, 0.05) is 11.9 Å². The number of aromatic amines is 1. The molecule has 2 N–H and O–H groups in total. The van der Waals surface area contributed by atoms with E-state index in [1.807, 2.05) is 32.0 Å². The molecule has 2 rings (SSSR count). The average Bonchev–Trinajstić information content (AvgIpc) is 2.75. The quantitative estimate of drug-likeness (QED) is 0.793. The van der Waals surface area contributed by atoms with E-state index >= 15 is 0 Å². The highest BCUT2D eigenvalue weighted by atomic mass is 16.1. The molecule has 0 fully saturated rings. The zero-order chi connectivity index (χ0) is 11.5. The fraction of sp³-hybridized carbons (Fsp3) is 0.154. The number of anilines is 1. The number of amides is 1. The molecule has 0 saturated carbocycles. The minimum Gasteiger partial charge on any atom is -0.357 e. The molecule has 0 unspecified atom stereocenters. The first-order chi connectivity index (χ1) is 7.66. The van der Waals surface area contributed by atoms with E-state index in [4.69, 9.17) is 0 Å². The van der Waals surface area contributed by atoms with E-state index in [1.165, 1.54) is 5.56 Å². The van der Waals surface area contributed by atoms with Crippen LogP contribution in [0.2, 0.25) is 0 Å². The van der Waals surface area contributed by atoms with Crippen LogP contribution < -0.4 is 5.32 Å². The lowest BCUT2D eigenvalue weighted by Crippen LogP contribution is -2.13. The largest absolute Gasteiger partial charge is 0.357 e. The molecule has 0 radical (unpaired) electrons. The molecule has 0 spiro atoms. The Morgan fingerprint density at radius 2 is 2.06 bits per heavy atom. The van der Waals surface area contributed by atoms with E-state index in [9.17, 15) is 4.79 Å². The Morgan fingerprint density at radius 1 is 1.25 bits per heavy atom. The highest BCUT2D eigenvalue weighted by Crippen LogP contribution is 2.16. The van der Waals surface area contributed by atoms with Gasteiger partial charge in [-0.15, -0.1) is 0 Å².